The first-order chi connectivity index (χ1) is 18.8. The molecule has 3 aromatic rings. The summed E-state index contributed by atoms with van der Waals surface area (Å²) in [5, 5.41) is 8.40. The van der Waals surface area contributed by atoms with Gasteiger partial charge in [0.05, 0.1) is 34.2 Å². The number of amides is 1. The van der Waals surface area contributed by atoms with E-state index in [1.807, 2.05) is 18.2 Å². The minimum Gasteiger partial charge on any atom is -0.489 e. The number of hydrogen-bond acceptors (Lipinski definition) is 7. The SMILES string of the molecule is CNC(=O)c1ccccc1Nc1cc(Nc2ccc3c(c2)OCC2CN(C4CC4)CCN32)ncc1C(F)(F)F. The Hall–Kier alpha value is -3.99. The van der Waals surface area contributed by atoms with Gasteiger partial charge in [0.1, 0.15) is 18.2 Å². The molecule has 8 nitrogen and oxygen atoms in total. The molecule has 1 saturated carbocycles. The molecule has 2 aliphatic heterocycles. The van der Waals surface area contributed by atoms with E-state index in [1.54, 1.807) is 18.2 Å². The Morgan fingerprint density at radius 2 is 1.85 bits per heavy atom. The zero-order valence-corrected chi connectivity index (χ0v) is 21.4. The van der Waals surface area contributed by atoms with E-state index in [-0.39, 0.29) is 22.8 Å². The van der Waals surface area contributed by atoms with Crippen molar-refractivity contribution in [2.75, 3.05) is 48.8 Å². The molecule has 2 aromatic carbocycles. The summed E-state index contributed by atoms with van der Waals surface area (Å²) in [6.45, 7) is 3.57. The number of ether oxygens (including phenoxy) is 1. The monoisotopic (exact) mass is 538 g/mol. The van der Waals surface area contributed by atoms with E-state index in [4.69, 9.17) is 4.74 Å². The number of aromatic nitrogens is 1. The Kier molecular flexibility index (Phi) is 6.46. The van der Waals surface area contributed by atoms with Crippen molar-refractivity contribution in [3.05, 3.63) is 65.9 Å². The minimum atomic E-state index is -4.64. The fourth-order valence-electron chi connectivity index (χ4n) is 5.31. The fraction of sp³-hybridized carbons (Fsp3) is 0.357. The van der Waals surface area contributed by atoms with Crippen molar-refractivity contribution in [3.63, 3.8) is 0 Å². The number of hydrogen-bond donors (Lipinski definition) is 3. The van der Waals surface area contributed by atoms with Gasteiger partial charge in [-0.3, -0.25) is 9.69 Å². The molecule has 0 radical (unpaired) electrons. The number of rotatable bonds is 6. The third-order valence-electron chi connectivity index (χ3n) is 7.43. The van der Waals surface area contributed by atoms with Gasteiger partial charge in [-0.05, 0) is 37.1 Å². The molecule has 0 bridgehead atoms. The second kappa shape index (κ2) is 9.96. The summed E-state index contributed by atoms with van der Waals surface area (Å²) >= 11 is 0. The van der Waals surface area contributed by atoms with Gasteiger partial charge in [0.25, 0.3) is 5.91 Å². The molecule has 1 atom stereocenters. The Balaban J connectivity index is 1.24. The maximum Gasteiger partial charge on any atom is 0.419 e. The van der Waals surface area contributed by atoms with E-state index in [1.165, 1.54) is 32.0 Å². The van der Waals surface area contributed by atoms with E-state index in [9.17, 15) is 18.0 Å². The number of carbonyl (C=O) groups is 1. The van der Waals surface area contributed by atoms with Gasteiger partial charge >= 0.3 is 6.18 Å². The third kappa shape index (κ3) is 5.18. The van der Waals surface area contributed by atoms with Crippen LogP contribution in [0, 0.1) is 0 Å². The summed E-state index contributed by atoms with van der Waals surface area (Å²) in [7, 11) is 1.46. The number of nitrogens with one attached hydrogen (secondary N) is 3. The number of fused-ring (bicyclic) bond motifs is 3. The second-order valence-electron chi connectivity index (χ2n) is 10.1. The van der Waals surface area contributed by atoms with E-state index in [0.717, 1.165) is 43.3 Å². The molecule has 11 heteroatoms. The van der Waals surface area contributed by atoms with E-state index in [0.29, 0.717) is 18.3 Å². The quantitative estimate of drug-likeness (QED) is 0.408. The largest absolute Gasteiger partial charge is 0.489 e. The van der Waals surface area contributed by atoms with Gasteiger partial charge < -0.3 is 25.6 Å². The number of para-hydroxylation sites is 1. The zero-order chi connectivity index (χ0) is 27.1. The van der Waals surface area contributed by atoms with Crippen LogP contribution in [0.1, 0.15) is 28.8 Å². The molecule has 1 amide bonds. The van der Waals surface area contributed by atoms with E-state index >= 15 is 0 Å². The summed E-state index contributed by atoms with van der Waals surface area (Å²) in [4.78, 5) is 21.2. The normalized spacial score (nSPS) is 19.0. The third-order valence-corrected chi connectivity index (χ3v) is 7.43. The second-order valence-corrected chi connectivity index (χ2v) is 10.1. The predicted molar refractivity (Wildman–Crippen MR) is 143 cm³/mol. The highest BCUT2D eigenvalue weighted by Crippen LogP contribution is 2.41. The molecule has 39 heavy (non-hydrogen) atoms. The van der Waals surface area contributed by atoms with E-state index in [2.05, 4.69) is 30.7 Å². The Bertz CT molecular complexity index is 1390. The molecule has 1 saturated heterocycles. The van der Waals surface area contributed by atoms with Crippen LogP contribution in [-0.2, 0) is 6.18 Å². The Morgan fingerprint density at radius 3 is 2.62 bits per heavy atom. The molecular formula is C28H29F3N6O2. The molecule has 204 valence electrons. The number of piperazine rings is 1. The average molecular weight is 539 g/mol. The first kappa shape index (κ1) is 25.3. The number of anilines is 5. The van der Waals surface area contributed by atoms with Gasteiger partial charge in [0.15, 0.2) is 0 Å². The van der Waals surface area contributed by atoms with Crippen LogP contribution >= 0.6 is 0 Å². The number of benzene rings is 2. The van der Waals surface area contributed by atoms with Gasteiger partial charge in [-0.1, -0.05) is 12.1 Å². The summed E-state index contributed by atoms with van der Waals surface area (Å²) in [6, 6.07) is 14.4. The molecule has 6 rings (SSSR count). The maximum atomic E-state index is 13.8. The van der Waals surface area contributed by atoms with Gasteiger partial charge in [0.2, 0.25) is 0 Å². The van der Waals surface area contributed by atoms with Crippen molar-refractivity contribution in [3.8, 4) is 5.75 Å². The van der Waals surface area contributed by atoms with Crippen molar-refractivity contribution in [2.24, 2.45) is 0 Å². The lowest BCUT2D eigenvalue weighted by molar-refractivity contribution is -0.137. The molecule has 1 unspecified atom stereocenters. The van der Waals surface area contributed by atoms with Crippen LogP contribution in [0.3, 0.4) is 0 Å². The lowest BCUT2D eigenvalue weighted by Crippen LogP contribution is -2.57. The molecule has 3 aliphatic rings. The fourth-order valence-corrected chi connectivity index (χ4v) is 5.31. The van der Waals surface area contributed by atoms with Gasteiger partial charge in [-0.15, -0.1) is 0 Å². The number of nitrogens with zero attached hydrogens (tertiary/aromatic N) is 3. The molecular weight excluding hydrogens is 509 g/mol. The summed E-state index contributed by atoms with van der Waals surface area (Å²) in [6.07, 6.45) is -1.29. The molecule has 1 aromatic heterocycles. The van der Waals surface area contributed by atoms with Crippen LogP contribution < -0.4 is 25.6 Å². The maximum absolute atomic E-state index is 13.8. The van der Waals surface area contributed by atoms with Crippen LogP contribution in [0.2, 0.25) is 0 Å². The van der Waals surface area contributed by atoms with E-state index < -0.39 is 17.6 Å². The van der Waals surface area contributed by atoms with Crippen LogP contribution in [0.15, 0.2) is 54.7 Å². The standard InChI is InChI=1S/C28H29F3N6O2/c1-32-27(38)20-4-2-3-5-22(20)35-23-13-26(33-14-21(23)28(29,30)31)34-17-6-9-24-25(12-17)39-16-19-15-36(18-7-8-18)10-11-37(19)24/h2-6,9,12-14,18-19H,7-8,10-11,15-16H2,1H3,(H,32,38)(H2,33,34,35). The number of halogens is 3. The predicted octanol–water partition coefficient (Wildman–Crippen LogP) is 4.99. The molecule has 1 aliphatic carbocycles. The molecule has 3 N–H and O–H groups in total. The van der Waals surface area contributed by atoms with Crippen molar-refractivity contribution < 1.29 is 22.7 Å². The minimum absolute atomic E-state index is 0.217. The van der Waals surface area contributed by atoms with Crippen molar-refractivity contribution >= 4 is 34.5 Å². The lowest BCUT2D eigenvalue weighted by atomic mass is 10.1. The highest BCUT2D eigenvalue weighted by atomic mass is 19.4. The van der Waals surface area contributed by atoms with Gasteiger partial charge in [-0.25, -0.2) is 4.98 Å². The average Bonchev–Trinajstić information content (AvgIpc) is 3.78. The van der Waals surface area contributed by atoms with Gasteiger partial charge in [-0.2, -0.15) is 13.2 Å². The summed E-state index contributed by atoms with van der Waals surface area (Å²) < 4.78 is 47.6. The smallest absolute Gasteiger partial charge is 0.419 e. The summed E-state index contributed by atoms with van der Waals surface area (Å²) in [5.41, 5.74) is 0.987. The molecule has 3 heterocycles. The Labute approximate surface area is 224 Å². The molecule has 2 fully saturated rings. The lowest BCUT2D eigenvalue weighted by Gasteiger charge is -2.45. The summed E-state index contributed by atoms with van der Waals surface area (Å²) in [5.74, 6) is 0.541. The molecule has 0 spiro atoms. The number of alkyl halides is 3. The van der Waals surface area contributed by atoms with Crippen LogP contribution in [0.5, 0.6) is 5.75 Å². The Morgan fingerprint density at radius 1 is 1.03 bits per heavy atom. The van der Waals surface area contributed by atoms with Crippen molar-refractivity contribution in [1.29, 1.82) is 0 Å². The van der Waals surface area contributed by atoms with Crippen molar-refractivity contribution in [1.82, 2.24) is 15.2 Å². The topological polar surface area (TPSA) is 81.8 Å². The number of carbonyl (C=O) groups excluding carboxylic acids is 1. The van der Waals surface area contributed by atoms with Crippen LogP contribution in [-0.4, -0.2) is 61.2 Å². The van der Waals surface area contributed by atoms with Crippen LogP contribution in [0.4, 0.5) is 41.7 Å². The van der Waals surface area contributed by atoms with Gasteiger partial charge in [0, 0.05) is 56.7 Å². The zero-order valence-electron chi connectivity index (χ0n) is 21.4. The first-order valence-electron chi connectivity index (χ1n) is 13.0. The van der Waals surface area contributed by atoms with Crippen LogP contribution in [0.25, 0.3) is 0 Å². The number of pyridine rings is 1. The van der Waals surface area contributed by atoms with Crippen molar-refractivity contribution in [2.45, 2.75) is 31.1 Å². The first-order valence-corrected chi connectivity index (χ1v) is 13.0. The highest BCUT2D eigenvalue weighted by Gasteiger charge is 2.38. The highest BCUT2D eigenvalue weighted by molar-refractivity contribution is 6.00.